The van der Waals surface area contributed by atoms with E-state index >= 15 is 0 Å². The third kappa shape index (κ3) is 2.42. The molecular formula is C14H16N2O2. The standard InChI is InChI=1S/C14H16N2O2/c1-4-16-8-7-15-13(14(16)17)18-12-9-10(2)5-6-11(12)3/h5-9H,4H2,1-3H3. The van der Waals surface area contributed by atoms with Crippen molar-refractivity contribution in [1.29, 1.82) is 0 Å². The molecule has 0 saturated carbocycles. The molecule has 0 N–H and O–H groups in total. The largest absolute Gasteiger partial charge is 0.434 e. The Morgan fingerprint density at radius 2 is 2.11 bits per heavy atom. The number of aromatic nitrogens is 2. The molecule has 2 aromatic rings. The fourth-order valence-electron chi connectivity index (χ4n) is 1.67. The van der Waals surface area contributed by atoms with Crippen molar-refractivity contribution in [3.8, 4) is 11.6 Å². The quantitative estimate of drug-likeness (QED) is 0.833. The molecule has 0 aliphatic heterocycles. The monoisotopic (exact) mass is 244 g/mol. The molecule has 94 valence electrons. The van der Waals surface area contributed by atoms with Crippen LogP contribution >= 0.6 is 0 Å². The van der Waals surface area contributed by atoms with E-state index in [0.717, 1.165) is 11.1 Å². The second-order valence-electron chi connectivity index (χ2n) is 4.19. The second kappa shape index (κ2) is 5.04. The molecule has 1 aromatic heterocycles. The molecule has 0 radical (unpaired) electrons. The van der Waals surface area contributed by atoms with E-state index in [0.29, 0.717) is 12.3 Å². The van der Waals surface area contributed by atoms with E-state index in [1.807, 2.05) is 39.0 Å². The van der Waals surface area contributed by atoms with Gasteiger partial charge in [0.25, 0.3) is 5.88 Å². The smallest absolute Gasteiger partial charge is 0.313 e. The number of aryl methyl sites for hydroxylation is 3. The van der Waals surface area contributed by atoms with Gasteiger partial charge in [-0.15, -0.1) is 0 Å². The molecule has 0 spiro atoms. The Bertz CT molecular complexity index is 617. The summed E-state index contributed by atoms with van der Waals surface area (Å²) in [6.45, 7) is 6.43. The van der Waals surface area contributed by atoms with Crippen LogP contribution in [0.25, 0.3) is 0 Å². The number of rotatable bonds is 3. The summed E-state index contributed by atoms with van der Waals surface area (Å²) in [6, 6.07) is 5.87. The van der Waals surface area contributed by atoms with Crippen molar-refractivity contribution < 1.29 is 4.74 Å². The minimum atomic E-state index is -0.207. The molecule has 0 bridgehead atoms. The van der Waals surface area contributed by atoms with E-state index in [1.165, 1.54) is 0 Å². The highest BCUT2D eigenvalue weighted by atomic mass is 16.5. The Balaban J connectivity index is 2.40. The maximum Gasteiger partial charge on any atom is 0.313 e. The summed E-state index contributed by atoms with van der Waals surface area (Å²) in [6.07, 6.45) is 3.23. The Morgan fingerprint density at radius 3 is 2.83 bits per heavy atom. The second-order valence-corrected chi connectivity index (χ2v) is 4.19. The van der Waals surface area contributed by atoms with Gasteiger partial charge in [0.05, 0.1) is 0 Å². The van der Waals surface area contributed by atoms with Crippen LogP contribution in [-0.4, -0.2) is 9.55 Å². The number of ether oxygens (including phenoxy) is 1. The molecule has 0 atom stereocenters. The first-order valence-corrected chi connectivity index (χ1v) is 5.92. The highest BCUT2D eigenvalue weighted by Gasteiger charge is 2.08. The maximum absolute atomic E-state index is 12.0. The number of hydrogen-bond donors (Lipinski definition) is 0. The van der Waals surface area contributed by atoms with Gasteiger partial charge in [0.15, 0.2) is 0 Å². The summed E-state index contributed by atoms with van der Waals surface area (Å²) < 4.78 is 7.18. The molecule has 0 aliphatic carbocycles. The molecule has 4 nitrogen and oxygen atoms in total. The molecule has 1 aromatic carbocycles. The van der Waals surface area contributed by atoms with Crippen LogP contribution in [0.4, 0.5) is 0 Å². The van der Waals surface area contributed by atoms with Gasteiger partial charge in [-0.05, 0) is 38.0 Å². The number of nitrogens with zero attached hydrogens (tertiary/aromatic N) is 2. The van der Waals surface area contributed by atoms with Gasteiger partial charge in [-0.3, -0.25) is 4.79 Å². The van der Waals surface area contributed by atoms with Gasteiger partial charge in [-0.2, -0.15) is 0 Å². The molecular weight excluding hydrogens is 228 g/mol. The number of hydrogen-bond acceptors (Lipinski definition) is 3. The molecule has 18 heavy (non-hydrogen) atoms. The normalized spacial score (nSPS) is 10.4. The predicted octanol–water partition coefficient (Wildman–Crippen LogP) is 2.67. The van der Waals surface area contributed by atoms with Crippen LogP contribution in [0.1, 0.15) is 18.1 Å². The van der Waals surface area contributed by atoms with Crippen LogP contribution in [0.3, 0.4) is 0 Å². The van der Waals surface area contributed by atoms with E-state index in [2.05, 4.69) is 4.98 Å². The zero-order chi connectivity index (χ0) is 13.1. The zero-order valence-electron chi connectivity index (χ0n) is 10.8. The average molecular weight is 244 g/mol. The summed E-state index contributed by atoms with van der Waals surface area (Å²) in [5, 5.41) is 0. The van der Waals surface area contributed by atoms with Gasteiger partial charge < -0.3 is 9.30 Å². The Kier molecular flexibility index (Phi) is 3.46. The Hall–Kier alpha value is -2.10. The van der Waals surface area contributed by atoms with Gasteiger partial charge in [-0.25, -0.2) is 4.98 Å². The molecule has 1 heterocycles. The summed E-state index contributed by atoms with van der Waals surface area (Å²) in [5.41, 5.74) is 1.86. The lowest BCUT2D eigenvalue weighted by atomic mass is 10.1. The van der Waals surface area contributed by atoms with E-state index in [4.69, 9.17) is 4.74 Å². The molecule has 0 unspecified atom stereocenters. The average Bonchev–Trinajstić information content (AvgIpc) is 2.36. The van der Waals surface area contributed by atoms with Crippen molar-refractivity contribution in [1.82, 2.24) is 9.55 Å². The molecule has 0 aliphatic rings. The lowest BCUT2D eigenvalue weighted by Crippen LogP contribution is -2.20. The first kappa shape index (κ1) is 12.4. The van der Waals surface area contributed by atoms with Gasteiger partial charge >= 0.3 is 5.56 Å². The van der Waals surface area contributed by atoms with Crippen LogP contribution < -0.4 is 10.3 Å². The zero-order valence-corrected chi connectivity index (χ0v) is 10.8. The van der Waals surface area contributed by atoms with Crippen LogP contribution in [-0.2, 0) is 6.54 Å². The third-order valence-electron chi connectivity index (χ3n) is 2.77. The van der Waals surface area contributed by atoms with Gasteiger partial charge in [-0.1, -0.05) is 12.1 Å². The summed E-state index contributed by atoms with van der Waals surface area (Å²) >= 11 is 0. The molecule has 2 rings (SSSR count). The topological polar surface area (TPSA) is 44.1 Å². The van der Waals surface area contributed by atoms with Crippen molar-refractivity contribution >= 4 is 0 Å². The number of benzene rings is 1. The van der Waals surface area contributed by atoms with Gasteiger partial charge in [0.2, 0.25) is 0 Å². The van der Waals surface area contributed by atoms with Crippen molar-refractivity contribution in [2.24, 2.45) is 0 Å². The molecule has 0 amide bonds. The minimum Gasteiger partial charge on any atom is -0.434 e. The van der Waals surface area contributed by atoms with E-state index in [9.17, 15) is 4.79 Å². The van der Waals surface area contributed by atoms with Gasteiger partial charge in [0.1, 0.15) is 5.75 Å². The predicted molar refractivity (Wildman–Crippen MR) is 70.2 cm³/mol. The van der Waals surface area contributed by atoms with Gasteiger partial charge in [0, 0.05) is 18.9 Å². The molecule has 0 fully saturated rings. The summed E-state index contributed by atoms with van der Waals surface area (Å²) in [4.78, 5) is 16.0. The van der Waals surface area contributed by atoms with Crippen molar-refractivity contribution in [2.75, 3.05) is 0 Å². The van der Waals surface area contributed by atoms with E-state index in [1.54, 1.807) is 17.0 Å². The third-order valence-corrected chi connectivity index (χ3v) is 2.77. The SMILES string of the molecule is CCn1ccnc(Oc2cc(C)ccc2C)c1=O. The summed E-state index contributed by atoms with van der Waals surface area (Å²) in [5.74, 6) is 0.793. The van der Waals surface area contributed by atoms with Crippen LogP contribution in [0.2, 0.25) is 0 Å². The maximum atomic E-state index is 12.0. The first-order chi connectivity index (χ1) is 8.61. The Morgan fingerprint density at radius 1 is 1.33 bits per heavy atom. The van der Waals surface area contributed by atoms with Crippen molar-refractivity contribution in [2.45, 2.75) is 27.3 Å². The van der Waals surface area contributed by atoms with Crippen LogP contribution in [0, 0.1) is 13.8 Å². The molecule has 0 saturated heterocycles. The first-order valence-electron chi connectivity index (χ1n) is 5.92. The van der Waals surface area contributed by atoms with Crippen molar-refractivity contribution in [3.63, 3.8) is 0 Å². The minimum absolute atomic E-state index is 0.119. The fraction of sp³-hybridized carbons (Fsp3) is 0.286. The lowest BCUT2D eigenvalue weighted by molar-refractivity contribution is 0.442. The van der Waals surface area contributed by atoms with E-state index in [-0.39, 0.29) is 11.4 Å². The lowest BCUT2D eigenvalue weighted by Gasteiger charge is -2.09. The fourth-order valence-corrected chi connectivity index (χ4v) is 1.67. The highest BCUT2D eigenvalue weighted by Crippen LogP contribution is 2.22. The van der Waals surface area contributed by atoms with Crippen LogP contribution in [0.5, 0.6) is 11.6 Å². The van der Waals surface area contributed by atoms with Crippen molar-refractivity contribution in [3.05, 3.63) is 52.1 Å². The highest BCUT2D eigenvalue weighted by molar-refractivity contribution is 5.38. The van der Waals surface area contributed by atoms with E-state index < -0.39 is 0 Å². The Labute approximate surface area is 106 Å². The summed E-state index contributed by atoms with van der Waals surface area (Å²) in [7, 11) is 0. The van der Waals surface area contributed by atoms with Crippen LogP contribution in [0.15, 0.2) is 35.4 Å². The molecule has 4 heteroatoms.